The second-order valence-electron chi connectivity index (χ2n) is 5.93. The number of carbonyl (C=O) groups is 1. The highest BCUT2D eigenvalue weighted by molar-refractivity contribution is 5.85. The molecule has 1 amide bonds. The Morgan fingerprint density at radius 2 is 1.96 bits per heavy atom. The molecule has 0 aliphatic heterocycles. The van der Waals surface area contributed by atoms with Crippen molar-refractivity contribution in [2.45, 2.75) is 31.3 Å². The first-order valence-corrected chi connectivity index (χ1v) is 7.56. The average molecular weight is 353 g/mol. The molecule has 1 aliphatic carbocycles. The lowest BCUT2D eigenvalue weighted by atomic mass is 9.98. The zero-order valence-corrected chi connectivity index (χ0v) is 13.9. The van der Waals surface area contributed by atoms with Gasteiger partial charge in [-0.15, -0.1) is 12.4 Å². The molecule has 0 saturated heterocycles. The van der Waals surface area contributed by atoms with Crippen LogP contribution >= 0.6 is 12.4 Å². The molecule has 1 aliphatic rings. The number of nitrogens with one attached hydrogen (secondary N) is 1. The van der Waals surface area contributed by atoms with Crippen LogP contribution in [0.4, 0.5) is 8.78 Å². The summed E-state index contributed by atoms with van der Waals surface area (Å²) in [4.78, 5) is 12.4. The number of halogens is 3. The number of hydrogen-bond acceptors (Lipinski definition) is 2. The van der Waals surface area contributed by atoms with Crippen LogP contribution in [0.25, 0.3) is 0 Å². The largest absolute Gasteiger partial charge is 0.351 e. The molecule has 2 aromatic carbocycles. The molecule has 3 N–H and O–H groups in total. The van der Waals surface area contributed by atoms with Crippen molar-refractivity contribution in [2.24, 2.45) is 5.73 Å². The molecule has 2 aromatic rings. The fourth-order valence-electron chi connectivity index (χ4n) is 3.07. The Balaban J connectivity index is 0.00000208. The molecule has 3 nitrogen and oxygen atoms in total. The number of hydrogen-bond donors (Lipinski definition) is 2. The molecule has 128 valence electrons. The summed E-state index contributed by atoms with van der Waals surface area (Å²) in [5, 5.41) is 2.89. The van der Waals surface area contributed by atoms with Gasteiger partial charge >= 0.3 is 0 Å². The van der Waals surface area contributed by atoms with E-state index in [4.69, 9.17) is 5.73 Å². The minimum Gasteiger partial charge on any atom is -0.351 e. The van der Waals surface area contributed by atoms with Crippen molar-refractivity contribution in [3.63, 3.8) is 0 Å². The van der Waals surface area contributed by atoms with E-state index in [0.29, 0.717) is 6.42 Å². The Morgan fingerprint density at radius 3 is 2.62 bits per heavy atom. The summed E-state index contributed by atoms with van der Waals surface area (Å²) in [5.41, 5.74) is 8.51. The lowest BCUT2D eigenvalue weighted by Crippen LogP contribution is -2.42. The quantitative estimate of drug-likeness (QED) is 0.891. The van der Waals surface area contributed by atoms with Crippen LogP contribution in [0.3, 0.4) is 0 Å². The maximum atomic E-state index is 13.8. The van der Waals surface area contributed by atoms with Crippen LogP contribution in [-0.2, 0) is 11.2 Å². The zero-order valence-electron chi connectivity index (χ0n) is 13.1. The molecule has 3 rings (SSSR count). The third kappa shape index (κ3) is 3.42. The topological polar surface area (TPSA) is 55.1 Å². The Hall–Kier alpha value is -1.98. The summed E-state index contributed by atoms with van der Waals surface area (Å²) in [5.74, 6) is -2.41. The van der Waals surface area contributed by atoms with Crippen molar-refractivity contribution in [1.29, 1.82) is 0 Å². The summed E-state index contributed by atoms with van der Waals surface area (Å²) in [6.45, 7) is 1.60. The molecule has 1 unspecified atom stereocenters. The highest BCUT2D eigenvalue weighted by Gasteiger charge is 2.32. The van der Waals surface area contributed by atoms with Gasteiger partial charge in [0.25, 0.3) is 0 Å². The molecule has 0 aromatic heterocycles. The normalized spacial score (nSPS) is 20.0. The van der Waals surface area contributed by atoms with Crippen LogP contribution in [0.1, 0.15) is 35.6 Å². The fraction of sp³-hybridized carbons (Fsp3) is 0.278. The Labute approximate surface area is 145 Å². The molecular weight excluding hydrogens is 334 g/mol. The first-order valence-electron chi connectivity index (χ1n) is 7.56. The minimum atomic E-state index is -0.716. The van der Waals surface area contributed by atoms with Gasteiger partial charge < -0.3 is 11.1 Å². The summed E-state index contributed by atoms with van der Waals surface area (Å²) in [7, 11) is 0. The van der Waals surface area contributed by atoms with Gasteiger partial charge in [0.05, 0.1) is 18.0 Å². The maximum Gasteiger partial charge on any atom is 0.227 e. The second-order valence-corrected chi connectivity index (χ2v) is 5.93. The van der Waals surface area contributed by atoms with Gasteiger partial charge in [-0.2, -0.15) is 0 Å². The van der Waals surface area contributed by atoms with E-state index in [1.807, 2.05) is 24.3 Å². The van der Waals surface area contributed by atoms with Gasteiger partial charge in [0.15, 0.2) is 0 Å². The molecule has 0 radical (unpaired) electrons. The number of carbonyl (C=O) groups excluding carboxylic acids is 1. The van der Waals surface area contributed by atoms with Crippen LogP contribution in [0.2, 0.25) is 0 Å². The first kappa shape index (κ1) is 18.4. The van der Waals surface area contributed by atoms with E-state index in [0.717, 1.165) is 23.3 Å². The van der Waals surface area contributed by atoms with E-state index in [2.05, 4.69) is 5.32 Å². The maximum absolute atomic E-state index is 13.8. The van der Waals surface area contributed by atoms with E-state index < -0.39 is 17.6 Å². The van der Waals surface area contributed by atoms with Gasteiger partial charge in [0.2, 0.25) is 5.91 Å². The van der Waals surface area contributed by atoms with E-state index >= 15 is 0 Å². The van der Waals surface area contributed by atoms with Crippen molar-refractivity contribution in [2.75, 3.05) is 0 Å². The van der Waals surface area contributed by atoms with Gasteiger partial charge in [-0.1, -0.05) is 30.3 Å². The second kappa shape index (κ2) is 7.28. The molecule has 3 atom stereocenters. The monoisotopic (exact) mass is 352 g/mol. The van der Waals surface area contributed by atoms with Gasteiger partial charge in [0, 0.05) is 11.6 Å². The van der Waals surface area contributed by atoms with Crippen LogP contribution in [0.15, 0.2) is 42.5 Å². The lowest BCUT2D eigenvalue weighted by Gasteiger charge is -2.21. The van der Waals surface area contributed by atoms with Gasteiger partial charge in [-0.25, -0.2) is 8.78 Å². The van der Waals surface area contributed by atoms with E-state index in [1.54, 1.807) is 6.92 Å². The third-order valence-electron chi connectivity index (χ3n) is 4.44. The minimum absolute atomic E-state index is 0. The summed E-state index contributed by atoms with van der Waals surface area (Å²) in [6, 6.07) is 10.5. The van der Waals surface area contributed by atoms with Crippen molar-refractivity contribution in [1.82, 2.24) is 5.32 Å². The molecular formula is C18H19ClF2N2O. The van der Waals surface area contributed by atoms with Crippen molar-refractivity contribution < 1.29 is 13.6 Å². The number of benzene rings is 2. The van der Waals surface area contributed by atoms with Crippen molar-refractivity contribution in [3.8, 4) is 0 Å². The number of amides is 1. The van der Waals surface area contributed by atoms with Gasteiger partial charge in [-0.3, -0.25) is 4.79 Å². The zero-order chi connectivity index (χ0) is 16.6. The first-order chi connectivity index (χ1) is 11.0. The van der Waals surface area contributed by atoms with Crippen LogP contribution in [0.5, 0.6) is 0 Å². The molecule has 0 bridgehead atoms. The molecule has 0 heterocycles. The average Bonchev–Trinajstić information content (AvgIpc) is 2.83. The molecule has 0 spiro atoms. The summed E-state index contributed by atoms with van der Waals surface area (Å²) >= 11 is 0. The van der Waals surface area contributed by atoms with Crippen molar-refractivity contribution >= 4 is 18.3 Å². The van der Waals surface area contributed by atoms with E-state index in [1.165, 1.54) is 6.07 Å². The highest BCUT2D eigenvalue weighted by Crippen LogP contribution is 2.30. The van der Waals surface area contributed by atoms with E-state index in [9.17, 15) is 13.6 Å². The Bertz CT molecular complexity index is 754. The lowest BCUT2D eigenvalue weighted by molar-refractivity contribution is -0.123. The third-order valence-corrected chi connectivity index (χ3v) is 4.44. The smallest absolute Gasteiger partial charge is 0.227 e. The van der Waals surface area contributed by atoms with Gasteiger partial charge in [0.1, 0.15) is 11.6 Å². The molecule has 24 heavy (non-hydrogen) atoms. The van der Waals surface area contributed by atoms with Crippen LogP contribution < -0.4 is 11.1 Å². The predicted molar refractivity (Wildman–Crippen MR) is 91.0 cm³/mol. The number of nitrogens with two attached hydrogens (primary N) is 1. The molecule has 0 saturated carbocycles. The highest BCUT2D eigenvalue weighted by atomic mass is 35.5. The van der Waals surface area contributed by atoms with Gasteiger partial charge in [-0.05, 0) is 30.5 Å². The molecule has 6 heteroatoms. The number of fused-ring (bicyclic) bond motifs is 1. The SMILES string of the molecule is CC(C(=O)N[C@H]1Cc2ccccc2[C@@H]1N)c1ccc(F)cc1F.Cl. The van der Waals surface area contributed by atoms with Crippen molar-refractivity contribution in [3.05, 3.63) is 70.8 Å². The Kier molecular flexibility index (Phi) is 5.57. The standard InChI is InChI=1S/C18H18F2N2O.ClH/c1-10(13-7-6-12(19)9-15(13)20)18(23)22-16-8-11-4-2-3-5-14(11)17(16)21;/h2-7,9-10,16-17H,8,21H2,1H3,(H,22,23);1H/t10?,16-,17-;/m0./s1. The van der Waals surface area contributed by atoms with Crippen LogP contribution in [0, 0.1) is 11.6 Å². The predicted octanol–water partition coefficient (Wildman–Crippen LogP) is 3.23. The Morgan fingerprint density at radius 1 is 1.25 bits per heavy atom. The summed E-state index contributed by atoms with van der Waals surface area (Å²) < 4.78 is 26.8. The summed E-state index contributed by atoms with van der Waals surface area (Å²) in [6.07, 6.45) is 0.654. The van der Waals surface area contributed by atoms with E-state index in [-0.39, 0.29) is 36.0 Å². The van der Waals surface area contributed by atoms with Crippen LogP contribution in [-0.4, -0.2) is 11.9 Å². The number of rotatable bonds is 3. The fourth-order valence-corrected chi connectivity index (χ4v) is 3.07. The molecule has 0 fully saturated rings.